The molecule has 2 heterocycles. The Balaban J connectivity index is 1.89. The summed E-state index contributed by atoms with van der Waals surface area (Å²) in [7, 11) is 1.49. The van der Waals surface area contributed by atoms with Crippen LogP contribution in [-0.4, -0.2) is 39.8 Å². The number of hydrogen-bond donors (Lipinski definition) is 3. The van der Waals surface area contributed by atoms with E-state index in [2.05, 4.69) is 20.7 Å². The van der Waals surface area contributed by atoms with Gasteiger partial charge in [0.15, 0.2) is 0 Å². The van der Waals surface area contributed by atoms with Crippen molar-refractivity contribution in [3.63, 3.8) is 0 Å². The van der Waals surface area contributed by atoms with Gasteiger partial charge in [-0.2, -0.15) is 0 Å². The predicted molar refractivity (Wildman–Crippen MR) is 76.4 cm³/mol. The molecule has 2 amide bonds. The standard InChI is InChI=1S/C13H18N6O2/c1-6-10(15-8-5-9(20)19(2)13(8)21)16-12(7-3-4-7)17-11(6)18-14/h7-8H,3-5,14H2,1-2H3,(H2,15,16,17,18). The van der Waals surface area contributed by atoms with Crippen LogP contribution in [0.1, 0.15) is 36.6 Å². The molecule has 1 aliphatic heterocycles. The zero-order chi connectivity index (χ0) is 15.1. The van der Waals surface area contributed by atoms with Crippen molar-refractivity contribution in [2.24, 2.45) is 5.84 Å². The lowest BCUT2D eigenvalue weighted by Gasteiger charge is -2.16. The summed E-state index contributed by atoms with van der Waals surface area (Å²) in [6.45, 7) is 1.82. The first-order valence-corrected chi connectivity index (χ1v) is 6.93. The molecule has 2 fully saturated rings. The molecule has 0 spiro atoms. The number of amides is 2. The van der Waals surface area contributed by atoms with Crippen LogP contribution in [0.3, 0.4) is 0 Å². The van der Waals surface area contributed by atoms with Crippen LogP contribution in [0.25, 0.3) is 0 Å². The Labute approximate surface area is 122 Å². The maximum atomic E-state index is 12.0. The number of nitrogens with two attached hydrogens (primary N) is 1. The van der Waals surface area contributed by atoms with Crippen molar-refractivity contribution in [3.8, 4) is 0 Å². The Morgan fingerprint density at radius 1 is 1.24 bits per heavy atom. The number of anilines is 2. The number of nitrogens with one attached hydrogen (secondary N) is 2. The van der Waals surface area contributed by atoms with Crippen molar-refractivity contribution in [2.75, 3.05) is 17.8 Å². The molecule has 3 rings (SSSR count). The van der Waals surface area contributed by atoms with Crippen LogP contribution in [0.5, 0.6) is 0 Å². The minimum absolute atomic E-state index is 0.142. The average molecular weight is 290 g/mol. The van der Waals surface area contributed by atoms with Crippen LogP contribution in [0.4, 0.5) is 11.6 Å². The topological polar surface area (TPSA) is 113 Å². The first kappa shape index (κ1) is 13.7. The van der Waals surface area contributed by atoms with E-state index in [1.54, 1.807) is 0 Å². The second-order valence-corrected chi connectivity index (χ2v) is 5.51. The van der Waals surface area contributed by atoms with E-state index in [4.69, 9.17) is 5.84 Å². The molecule has 1 unspecified atom stereocenters. The van der Waals surface area contributed by atoms with E-state index in [0.717, 1.165) is 29.1 Å². The summed E-state index contributed by atoms with van der Waals surface area (Å²) in [6.07, 6.45) is 2.27. The van der Waals surface area contributed by atoms with E-state index in [-0.39, 0.29) is 18.2 Å². The molecule has 1 saturated heterocycles. The number of likely N-dealkylation sites (N-methyl/N-ethyl adjacent to an activating group) is 1. The summed E-state index contributed by atoms with van der Waals surface area (Å²) >= 11 is 0. The van der Waals surface area contributed by atoms with Gasteiger partial charge in [-0.25, -0.2) is 15.8 Å². The fourth-order valence-electron chi connectivity index (χ4n) is 2.37. The number of carbonyl (C=O) groups excluding carboxylic acids is 2. The van der Waals surface area contributed by atoms with Crippen LogP contribution >= 0.6 is 0 Å². The molecule has 1 aliphatic carbocycles. The number of imide groups is 1. The highest BCUT2D eigenvalue weighted by Crippen LogP contribution is 2.39. The van der Waals surface area contributed by atoms with E-state index >= 15 is 0 Å². The van der Waals surface area contributed by atoms with E-state index in [1.165, 1.54) is 7.05 Å². The molecule has 0 radical (unpaired) electrons. The summed E-state index contributed by atoms with van der Waals surface area (Å²) in [5.41, 5.74) is 3.29. The molecule has 112 valence electrons. The highest BCUT2D eigenvalue weighted by atomic mass is 16.2. The number of hydrogen-bond acceptors (Lipinski definition) is 7. The number of rotatable bonds is 4. The third-order valence-electron chi connectivity index (χ3n) is 3.93. The number of hydrazine groups is 1. The third kappa shape index (κ3) is 2.42. The minimum atomic E-state index is -0.575. The van der Waals surface area contributed by atoms with Crippen LogP contribution in [0.2, 0.25) is 0 Å². The molecule has 1 aromatic heterocycles. The smallest absolute Gasteiger partial charge is 0.251 e. The molecule has 2 aliphatic rings. The molecule has 8 heteroatoms. The van der Waals surface area contributed by atoms with Gasteiger partial charge in [0, 0.05) is 18.5 Å². The van der Waals surface area contributed by atoms with E-state index in [9.17, 15) is 9.59 Å². The van der Waals surface area contributed by atoms with E-state index in [0.29, 0.717) is 17.6 Å². The van der Waals surface area contributed by atoms with Crippen LogP contribution in [-0.2, 0) is 9.59 Å². The van der Waals surface area contributed by atoms with Crippen molar-refractivity contribution < 1.29 is 9.59 Å². The van der Waals surface area contributed by atoms with Crippen molar-refractivity contribution >= 4 is 23.5 Å². The molecular weight excluding hydrogens is 272 g/mol. The largest absolute Gasteiger partial charge is 0.358 e. The van der Waals surface area contributed by atoms with Gasteiger partial charge in [0.2, 0.25) is 5.91 Å². The van der Waals surface area contributed by atoms with Gasteiger partial charge in [0.05, 0.1) is 6.42 Å². The number of carbonyl (C=O) groups is 2. The van der Waals surface area contributed by atoms with Gasteiger partial charge in [-0.15, -0.1) is 0 Å². The second kappa shape index (κ2) is 4.96. The summed E-state index contributed by atoms with van der Waals surface area (Å²) in [6, 6.07) is -0.575. The molecule has 0 aromatic carbocycles. The monoisotopic (exact) mass is 290 g/mol. The van der Waals surface area contributed by atoms with Crippen LogP contribution < -0.4 is 16.6 Å². The fraction of sp³-hybridized carbons (Fsp3) is 0.538. The lowest BCUT2D eigenvalue weighted by molar-refractivity contribution is -0.136. The molecule has 8 nitrogen and oxygen atoms in total. The molecule has 0 bridgehead atoms. The molecule has 4 N–H and O–H groups in total. The molecule has 1 saturated carbocycles. The quantitative estimate of drug-likeness (QED) is 0.410. The number of aromatic nitrogens is 2. The Hall–Kier alpha value is -2.22. The Morgan fingerprint density at radius 3 is 2.43 bits per heavy atom. The number of likely N-dealkylation sites (tertiary alicyclic amines) is 1. The van der Waals surface area contributed by atoms with Gasteiger partial charge in [0.25, 0.3) is 5.91 Å². The first-order valence-electron chi connectivity index (χ1n) is 6.93. The Bertz CT molecular complexity index is 613. The summed E-state index contributed by atoms with van der Waals surface area (Å²) in [4.78, 5) is 33.6. The zero-order valence-corrected chi connectivity index (χ0v) is 12.0. The van der Waals surface area contributed by atoms with Crippen molar-refractivity contribution in [2.45, 2.75) is 38.1 Å². The highest BCUT2D eigenvalue weighted by molar-refractivity contribution is 6.06. The molecule has 1 aromatic rings. The summed E-state index contributed by atoms with van der Waals surface area (Å²) in [5, 5.41) is 3.06. The van der Waals surface area contributed by atoms with Gasteiger partial charge in [0.1, 0.15) is 23.5 Å². The van der Waals surface area contributed by atoms with Gasteiger partial charge in [-0.1, -0.05) is 0 Å². The maximum Gasteiger partial charge on any atom is 0.251 e. The zero-order valence-electron chi connectivity index (χ0n) is 12.0. The second-order valence-electron chi connectivity index (χ2n) is 5.51. The predicted octanol–water partition coefficient (Wildman–Crippen LogP) is 0.117. The molecule has 21 heavy (non-hydrogen) atoms. The van der Waals surface area contributed by atoms with Gasteiger partial charge in [-0.05, 0) is 19.8 Å². The molecular formula is C13H18N6O2. The average Bonchev–Trinajstić information content (AvgIpc) is 3.28. The van der Waals surface area contributed by atoms with Gasteiger partial charge < -0.3 is 10.7 Å². The Kier molecular flexibility index (Phi) is 3.25. The maximum absolute atomic E-state index is 12.0. The van der Waals surface area contributed by atoms with Crippen molar-refractivity contribution in [3.05, 3.63) is 11.4 Å². The summed E-state index contributed by atoms with van der Waals surface area (Å²) in [5.74, 6) is 7.24. The van der Waals surface area contributed by atoms with E-state index in [1.807, 2.05) is 6.92 Å². The lowest BCUT2D eigenvalue weighted by atomic mass is 10.2. The number of nitrogen functional groups attached to an aromatic ring is 1. The molecule has 1 atom stereocenters. The van der Waals surface area contributed by atoms with Gasteiger partial charge >= 0.3 is 0 Å². The Morgan fingerprint density at radius 2 is 1.90 bits per heavy atom. The SMILES string of the molecule is Cc1c(NN)nc(C2CC2)nc1NC1CC(=O)N(C)C1=O. The van der Waals surface area contributed by atoms with E-state index < -0.39 is 6.04 Å². The van der Waals surface area contributed by atoms with Crippen molar-refractivity contribution in [1.29, 1.82) is 0 Å². The minimum Gasteiger partial charge on any atom is -0.358 e. The lowest BCUT2D eigenvalue weighted by Crippen LogP contribution is -2.32. The van der Waals surface area contributed by atoms with Crippen molar-refractivity contribution in [1.82, 2.24) is 14.9 Å². The van der Waals surface area contributed by atoms with Crippen LogP contribution in [0, 0.1) is 6.92 Å². The van der Waals surface area contributed by atoms with Gasteiger partial charge in [-0.3, -0.25) is 14.5 Å². The summed E-state index contributed by atoms with van der Waals surface area (Å²) < 4.78 is 0. The first-order chi connectivity index (χ1) is 10.0. The number of nitrogens with zero attached hydrogens (tertiary/aromatic N) is 3. The third-order valence-corrected chi connectivity index (χ3v) is 3.93. The van der Waals surface area contributed by atoms with Crippen LogP contribution in [0.15, 0.2) is 0 Å². The normalized spacial score (nSPS) is 21.9. The fourth-order valence-corrected chi connectivity index (χ4v) is 2.37. The highest BCUT2D eigenvalue weighted by Gasteiger charge is 2.37.